The Kier molecular flexibility index (Phi) is 5.79. The molecule has 0 amide bonds. The lowest BCUT2D eigenvalue weighted by atomic mass is 10.2. The van der Waals surface area contributed by atoms with E-state index in [4.69, 9.17) is 9.84 Å². The summed E-state index contributed by atoms with van der Waals surface area (Å²) in [6, 6.07) is 4.49. The minimum Gasteiger partial charge on any atom is -0.487 e. The fourth-order valence-electron chi connectivity index (χ4n) is 1.31. The number of nitro benzene ring substituents is 1. The highest BCUT2D eigenvalue weighted by atomic mass is 32.2. The zero-order valence-electron chi connectivity index (χ0n) is 9.59. The van der Waals surface area contributed by atoms with E-state index in [0.717, 1.165) is 12.2 Å². The number of thioether (sulfide) groups is 1. The van der Waals surface area contributed by atoms with Crippen molar-refractivity contribution >= 4 is 17.4 Å². The lowest BCUT2D eigenvalue weighted by Gasteiger charge is -2.07. The zero-order valence-corrected chi connectivity index (χ0v) is 10.4. The largest absolute Gasteiger partial charge is 0.487 e. The van der Waals surface area contributed by atoms with Crippen LogP contribution in [-0.4, -0.2) is 28.6 Å². The number of aliphatic hydroxyl groups excluding tert-OH is 1. The molecule has 0 aliphatic carbocycles. The molecule has 1 aromatic carbocycles. The van der Waals surface area contributed by atoms with Crippen LogP contribution in [0.15, 0.2) is 18.2 Å². The van der Waals surface area contributed by atoms with Crippen LogP contribution in [0.25, 0.3) is 0 Å². The van der Waals surface area contributed by atoms with Gasteiger partial charge in [-0.15, -0.1) is 0 Å². The maximum Gasteiger partial charge on any atom is 0.311 e. The number of benzene rings is 1. The molecule has 0 atom stereocenters. The fraction of sp³-hybridized carbons (Fsp3) is 0.455. The summed E-state index contributed by atoms with van der Waals surface area (Å²) in [6.45, 7) is 0.244. The molecule has 1 N–H and O–H groups in total. The Hall–Kier alpha value is -1.27. The summed E-state index contributed by atoms with van der Waals surface area (Å²) in [4.78, 5) is 10.3. The number of hydrogen-bond acceptors (Lipinski definition) is 5. The monoisotopic (exact) mass is 257 g/mol. The molecule has 0 spiro atoms. The Morgan fingerprint density at radius 3 is 2.88 bits per heavy atom. The fourth-order valence-corrected chi connectivity index (χ4v) is 1.72. The van der Waals surface area contributed by atoms with E-state index in [1.165, 1.54) is 12.1 Å². The van der Waals surface area contributed by atoms with Crippen LogP contribution < -0.4 is 4.74 Å². The van der Waals surface area contributed by atoms with Crippen LogP contribution in [0.3, 0.4) is 0 Å². The molecule has 0 bridgehead atoms. The van der Waals surface area contributed by atoms with E-state index in [2.05, 4.69) is 0 Å². The number of rotatable bonds is 7. The first-order valence-electron chi connectivity index (χ1n) is 5.19. The van der Waals surface area contributed by atoms with E-state index >= 15 is 0 Å². The molecule has 0 saturated heterocycles. The topological polar surface area (TPSA) is 72.6 Å². The summed E-state index contributed by atoms with van der Waals surface area (Å²) >= 11 is 1.71. The van der Waals surface area contributed by atoms with E-state index < -0.39 is 4.92 Å². The first-order chi connectivity index (χ1) is 8.19. The number of nitro groups is 1. The van der Waals surface area contributed by atoms with E-state index in [-0.39, 0.29) is 18.0 Å². The van der Waals surface area contributed by atoms with Crippen LogP contribution in [-0.2, 0) is 6.61 Å². The van der Waals surface area contributed by atoms with Gasteiger partial charge in [0, 0.05) is 6.07 Å². The van der Waals surface area contributed by atoms with Crippen molar-refractivity contribution in [1.82, 2.24) is 0 Å². The van der Waals surface area contributed by atoms with Gasteiger partial charge in [0.05, 0.1) is 18.1 Å². The molecule has 0 aromatic heterocycles. The minimum atomic E-state index is -0.497. The predicted molar refractivity (Wildman–Crippen MR) is 67.5 cm³/mol. The number of aliphatic hydroxyl groups is 1. The molecule has 0 saturated carbocycles. The van der Waals surface area contributed by atoms with E-state index in [9.17, 15) is 10.1 Å². The van der Waals surface area contributed by atoms with Crippen molar-refractivity contribution in [2.75, 3.05) is 18.6 Å². The van der Waals surface area contributed by atoms with Gasteiger partial charge in [-0.05, 0) is 30.1 Å². The highest BCUT2D eigenvalue weighted by molar-refractivity contribution is 7.98. The van der Waals surface area contributed by atoms with Gasteiger partial charge in [-0.2, -0.15) is 11.8 Å². The maximum atomic E-state index is 10.8. The highest BCUT2D eigenvalue weighted by Gasteiger charge is 2.15. The Bertz CT molecular complexity index is 384. The molecule has 94 valence electrons. The van der Waals surface area contributed by atoms with Gasteiger partial charge in [0.15, 0.2) is 5.75 Å². The van der Waals surface area contributed by atoms with Crippen molar-refractivity contribution in [2.45, 2.75) is 13.0 Å². The SMILES string of the molecule is CSCCCOc1ccc(CO)cc1[N+](=O)[O-]. The van der Waals surface area contributed by atoms with Crippen LogP contribution in [0.4, 0.5) is 5.69 Å². The third-order valence-electron chi connectivity index (χ3n) is 2.15. The van der Waals surface area contributed by atoms with E-state index in [1.807, 2.05) is 6.26 Å². The minimum absolute atomic E-state index is 0.0966. The summed E-state index contributed by atoms with van der Waals surface area (Å²) in [6.07, 6.45) is 2.85. The number of hydrogen-bond donors (Lipinski definition) is 1. The summed E-state index contributed by atoms with van der Waals surface area (Å²) in [5, 5.41) is 19.7. The number of ether oxygens (including phenoxy) is 1. The molecule has 1 rings (SSSR count). The predicted octanol–water partition coefficient (Wildman–Crippen LogP) is 2.22. The third-order valence-corrected chi connectivity index (χ3v) is 2.85. The van der Waals surface area contributed by atoms with Gasteiger partial charge in [-0.3, -0.25) is 10.1 Å². The normalized spacial score (nSPS) is 10.2. The summed E-state index contributed by atoms with van der Waals surface area (Å²) in [5.41, 5.74) is 0.411. The second-order valence-corrected chi connectivity index (χ2v) is 4.40. The van der Waals surface area contributed by atoms with Gasteiger partial charge in [0.25, 0.3) is 0 Å². The number of nitrogens with zero attached hydrogens (tertiary/aromatic N) is 1. The molecule has 1 aromatic rings. The van der Waals surface area contributed by atoms with Gasteiger partial charge >= 0.3 is 5.69 Å². The van der Waals surface area contributed by atoms with Gasteiger partial charge in [0.2, 0.25) is 0 Å². The molecule has 17 heavy (non-hydrogen) atoms. The quantitative estimate of drug-likeness (QED) is 0.460. The van der Waals surface area contributed by atoms with Crippen LogP contribution in [0.5, 0.6) is 5.75 Å². The third kappa shape index (κ3) is 4.24. The Labute approximate surface area is 104 Å². The molecular weight excluding hydrogens is 242 g/mol. The van der Waals surface area contributed by atoms with Crippen molar-refractivity contribution in [3.63, 3.8) is 0 Å². The Morgan fingerprint density at radius 1 is 1.53 bits per heavy atom. The van der Waals surface area contributed by atoms with Crippen LogP contribution in [0.1, 0.15) is 12.0 Å². The van der Waals surface area contributed by atoms with Gasteiger partial charge in [-0.25, -0.2) is 0 Å². The maximum absolute atomic E-state index is 10.8. The summed E-state index contributed by atoms with van der Waals surface area (Å²) < 4.78 is 5.36. The van der Waals surface area contributed by atoms with Crippen molar-refractivity contribution in [3.8, 4) is 5.75 Å². The Morgan fingerprint density at radius 2 is 2.29 bits per heavy atom. The van der Waals surface area contributed by atoms with Gasteiger partial charge < -0.3 is 9.84 Å². The molecule has 0 heterocycles. The zero-order chi connectivity index (χ0) is 12.7. The second-order valence-electron chi connectivity index (χ2n) is 3.41. The molecule has 0 radical (unpaired) electrons. The molecule has 0 aliphatic heterocycles. The Balaban J connectivity index is 2.73. The standard InChI is InChI=1S/C11H15NO4S/c1-17-6-2-5-16-11-4-3-9(8-13)7-10(11)12(14)15/h3-4,7,13H,2,5-6,8H2,1H3. The van der Waals surface area contributed by atoms with Crippen LogP contribution in [0, 0.1) is 10.1 Å². The lowest BCUT2D eigenvalue weighted by molar-refractivity contribution is -0.386. The average molecular weight is 257 g/mol. The first-order valence-corrected chi connectivity index (χ1v) is 6.58. The molecule has 0 aliphatic rings. The first kappa shape index (κ1) is 13.8. The van der Waals surface area contributed by atoms with Crippen molar-refractivity contribution in [3.05, 3.63) is 33.9 Å². The average Bonchev–Trinajstić information content (AvgIpc) is 2.34. The van der Waals surface area contributed by atoms with Crippen LogP contribution >= 0.6 is 11.8 Å². The molecule has 0 fully saturated rings. The van der Waals surface area contributed by atoms with Crippen molar-refractivity contribution < 1.29 is 14.8 Å². The van der Waals surface area contributed by atoms with Crippen molar-refractivity contribution in [2.24, 2.45) is 0 Å². The van der Waals surface area contributed by atoms with Gasteiger partial charge in [0.1, 0.15) is 0 Å². The highest BCUT2D eigenvalue weighted by Crippen LogP contribution is 2.28. The lowest BCUT2D eigenvalue weighted by Crippen LogP contribution is -2.02. The van der Waals surface area contributed by atoms with E-state index in [0.29, 0.717) is 12.2 Å². The smallest absolute Gasteiger partial charge is 0.311 e. The summed E-state index contributed by atoms with van der Waals surface area (Å²) in [7, 11) is 0. The molecule has 6 heteroatoms. The molecular formula is C11H15NO4S. The van der Waals surface area contributed by atoms with Gasteiger partial charge in [-0.1, -0.05) is 6.07 Å². The molecule has 5 nitrogen and oxygen atoms in total. The van der Waals surface area contributed by atoms with Crippen LogP contribution in [0.2, 0.25) is 0 Å². The van der Waals surface area contributed by atoms with Crippen molar-refractivity contribution in [1.29, 1.82) is 0 Å². The second kappa shape index (κ2) is 7.13. The summed E-state index contributed by atoms with van der Waals surface area (Å²) in [5.74, 6) is 1.22. The molecule has 0 unspecified atom stereocenters. The van der Waals surface area contributed by atoms with E-state index in [1.54, 1.807) is 17.8 Å².